The molecule has 0 unspecified atom stereocenters. The van der Waals surface area contributed by atoms with Crippen LogP contribution in [0.4, 0.5) is 5.69 Å². The molecule has 0 spiro atoms. The van der Waals surface area contributed by atoms with E-state index in [0.717, 1.165) is 25.7 Å². The van der Waals surface area contributed by atoms with E-state index in [2.05, 4.69) is 5.32 Å². The number of hydrogen-bond donors (Lipinski definition) is 2. The van der Waals surface area contributed by atoms with Crippen molar-refractivity contribution in [1.82, 2.24) is 0 Å². The van der Waals surface area contributed by atoms with Gasteiger partial charge in [0.1, 0.15) is 5.75 Å². The van der Waals surface area contributed by atoms with Gasteiger partial charge in [-0.25, -0.2) is 0 Å². The van der Waals surface area contributed by atoms with Crippen LogP contribution in [0.1, 0.15) is 31.2 Å². The van der Waals surface area contributed by atoms with Crippen LogP contribution in [-0.2, 0) is 16.0 Å². The maximum atomic E-state index is 12.2. The molecule has 7 heteroatoms. The lowest BCUT2D eigenvalue weighted by Crippen LogP contribution is -2.20. The van der Waals surface area contributed by atoms with E-state index >= 15 is 0 Å². The molecule has 1 amide bonds. The minimum absolute atomic E-state index is 0.0567. The van der Waals surface area contributed by atoms with E-state index in [1.165, 1.54) is 12.1 Å². The zero-order valence-electron chi connectivity index (χ0n) is 14.5. The van der Waals surface area contributed by atoms with Crippen molar-refractivity contribution in [2.24, 2.45) is 5.92 Å². The van der Waals surface area contributed by atoms with Gasteiger partial charge < -0.3 is 15.2 Å². The number of aliphatic carboxylic acids is 1. The van der Waals surface area contributed by atoms with Crippen LogP contribution in [0, 0.1) is 5.92 Å². The van der Waals surface area contributed by atoms with E-state index in [1.54, 1.807) is 24.3 Å². The number of anilines is 1. The number of halogens is 2. The van der Waals surface area contributed by atoms with E-state index in [0.29, 0.717) is 17.0 Å². The zero-order chi connectivity index (χ0) is 19.4. The first kappa shape index (κ1) is 19.5. The van der Waals surface area contributed by atoms with Crippen molar-refractivity contribution >= 4 is 40.8 Å². The molecule has 0 aromatic heterocycles. The largest absolute Gasteiger partial charge is 0.481 e. The van der Waals surface area contributed by atoms with E-state index in [4.69, 9.17) is 33.0 Å². The average molecular weight is 408 g/mol. The summed E-state index contributed by atoms with van der Waals surface area (Å²) in [5.41, 5.74) is 1.20. The molecular weight excluding hydrogens is 389 g/mol. The highest BCUT2D eigenvalue weighted by Crippen LogP contribution is 2.38. The molecule has 3 rings (SSSR count). The number of nitrogens with one attached hydrogen (secondary N) is 1. The lowest BCUT2D eigenvalue weighted by molar-refractivity contribution is -0.136. The zero-order valence-corrected chi connectivity index (χ0v) is 16.0. The van der Waals surface area contributed by atoms with Crippen molar-refractivity contribution in [2.75, 3.05) is 5.32 Å². The Labute approximate surface area is 167 Å². The normalized spacial score (nSPS) is 14.1. The fraction of sp³-hybridized carbons (Fsp3) is 0.300. The third-order valence-electron chi connectivity index (χ3n) is 4.48. The van der Waals surface area contributed by atoms with E-state index in [9.17, 15) is 9.59 Å². The molecule has 2 aromatic carbocycles. The maximum absolute atomic E-state index is 12.2. The summed E-state index contributed by atoms with van der Waals surface area (Å²) in [5.74, 6) is -0.0472. The summed E-state index contributed by atoms with van der Waals surface area (Å²) < 4.78 is 5.74. The van der Waals surface area contributed by atoms with Gasteiger partial charge in [-0.3, -0.25) is 9.59 Å². The van der Waals surface area contributed by atoms with Gasteiger partial charge in [0.15, 0.2) is 5.75 Å². The predicted octanol–water partition coefficient (Wildman–Crippen LogP) is 5.54. The number of rotatable bonds is 6. The molecule has 2 aromatic rings. The lowest BCUT2D eigenvalue weighted by atomic mass is 10.1. The topological polar surface area (TPSA) is 75.6 Å². The van der Waals surface area contributed by atoms with Gasteiger partial charge in [-0.1, -0.05) is 36.0 Å². The molecule has 0 atom stereocenters. The first-order valence-corrected chi connectivity index (χ1v) is 9.46. The molecule has 0 saturated heterocycles. The molecule has 0 bridgehead atoms. The number of carboxylic acid groups (broad SMARTS) is 1. The lowest BCUT2D eigenvalue weighted by Gasteiger charge is -2.13. The SMILES string of the molecule is O=C(O)Cc1cc(Cl)c(Oc2ccc(NC(=O)C3CCCC3)cc2)c(Cl)c1. The molecule has 1 aliphatic rings. The van der Waals surface area contributed by atoms with Gasteiger partial charge in [-0.15, -0.1) is 0 Å². The van der Waals surface area contributed by atoms with Gasteiger partial charge in [-0.2, -0.15) is 0 Å². The van der Waals surface area contributed by atoms with Crippen molar-refractivity contribution in [3.8, 4) is 11.5 Å². The summed E-state index contributed by atoms with van der Waals surface area (Å²) in [7, 11) is 0. The Kier molecular flexibility index (Phi) is 6.24. The van der Waals surface area contributed by atoms with Crippen LogP contribution in [0.5, 0.6) is 11.5 Å². The van der Waals surface area contributed by atoms with Gasteiger partial charge >= 0.3 is 5.97 Å². The fourth-order valence-corrected chi connectivity index (χ4v) is 3.75. The highest BCUT2D eigenvalue weighted by molar-refractivity contribution is 6.37. The Morgan fingerprint density at radius 1 is 1.07 bits per heavy atom. The van der Waals surface area contributed by atoms with Crippen molar-refractivity contribution in [1.29, 1.82) is 0 Å². The van der Waals surface area contributed by atoms with Crippen LogP contribution in [0.3, 0.4) is 0 Å². The van der Waals surface area contributed by atoms with Gasteiger partial charge in [0.2, 0.25) is 5.91 Å². The predicted molar refractivity (Wildman–Crippen MR) is 105 cm³/mol. The van der Waals surface area contributed by atoms with Crippen LogP contribution in [0.25, 0.3) is 0 Å². The smallest absolute Gasteiger partial charge is 0.307 e. The van der Waals surface area contributed by atoms with Crippen molar-refractivity contribution in [3.63, 3.8) is 0 Å². The standard InChI is InChI=1S/C20H19Cl2NO4/c21-16-9-12(11-18(24)25)10-17(22)19(16)27-15-7-5-14(6-8-15)23-20(26)13-3-1-2-4-13/h5-10,13H,1-4,11H2,(H,23,26)(H,24,25). The highest BCUT2D eigenvalue weighted by atomic mass is 35.5. The Hall–Kier alpha value is -2.24. The second-order valence-corrected chi connectivity index (χ2v) is 7.37. The number of carboxylic acids is 1. The summed E-state index contributed by atoms with van der Waals surface area (Å²) in [6.45, 7) is 0. The Morgan fingerprint density at radius 2 is 1.67 bits per heavy atom. The Bertz CT molecular complexity index is 823. The second-order valence-electron chi connectivity index (χ2n) is 6.56. The summed E-state index contributed by atoms with van der Waals surface area (Å²) in [4.78, 5) is 23.0. The Balaban J connectivity index is 1.67. The Morgan fingerprint density at radius 3 is 2.22 bits per heavy atom. The van der Waals surface area contributed by atoms with Crippen molar-refractivity contribution in [3.05, 3.63) is 52.0 Å². The van der Waals surface area contributed by atoms with E-state index in [1.807, 2.05) is 0 Å². The van der Waals surface area contributed by atoms with Crippen LogP contribution in [0.2, 0.25) is 10.0 Å². The van der Waals surface area contributed by atoms with Gasteiger partial charge in [0, 0.05) is 11.6 Å². The van der Waals surface area contributed by atoms with Crippen LogP contribution in [0.15, 0.2) is 36.4 Å². The van der Waals surface area contributed by atoms with Crippen LogP contribution >= 0.6 is 23.2 Å². The molecule has 142 valence electrons. The minimum atomic E-state index is -0.967. The van der Waals surface area contributed by atoms with Crippen LogP contribution < -0.4 is 10.1 Å². The number of hydrogen-bond acceptors (Lipinski definition) is 3. The average Bonchev–Trinajstić information content (AvgIpc) is 3.14. The second kappa shape index (κ2) is 8.63. The molecule has 1 fully saturated rings. The quantitative estimate of drug-likeness (QED) is 0.658. The molecule has 1 aliphatic carbocycles. The third-order valence-corrected chi connectivity index (χ3v) is 5.04. The number of carbonyl (C=O) groups excluding carboxylic acids is 1. The molecule has 0 radical (unpaired) electrons. The minimum Gasteiger partial charge on any atom is -0.481 e. The van der Waals surface area contributed by atoms with E-state index in [-0.39, 0.29) is 34.0 Å². The monoisotopic (exact) mass is 407 g/mol. The summed E-state index contributed by atoms with van der Waals surface area (Å²) in [6, 6.07) is 9.97. The molecular formula is C20H19Cl2NO4. The van der Waals surface area contributed by atoms with Crippen molar-refractivity contribution < 1.29 is 19.4 Å². The molecule has 2 N–H and O–H groups in total. The molecule has 1 saturated carbocycles. The third kappa shape index (κ3) is 5.15. The first-order valence-electron chi connectivity index (χ1n) is 8.71. The molecule has 5 nitrogen and oxygen atoms in total. The number of ether oxygens (including phenoxy) is 1. The molecule has 0 heterocycles. The van der Waals surface area contributed by atoms with Gasteiger partial charge in [0.25, 0.3) is 0 Å². The maximum Gasteiger partial charge on any atom is 0.307 e. The summed E-state index contributed by atoms with van der Waals surface area (Å²) >= 11 is 12.4. The molecule has 0 aliphatic heterocycles. The first-order chi connectivity index (χ1) is 12.9. The molecule has 27 heavy (non-hydrogen) atoms. The summed E-state index contributed by atoms with van der Waals surface area (Å²) in [5, 5.41) is 12.3. The number of benzene rings is 2. The summed E-state index contributed by atoms with van der Waals surface area (Å²) in [6.07, 6.45) is 3.94. The highest BCUT2D eigenvalue weighted by Gasteiger charge is 2.22. The van der Waals surface area contributed by atoms with Crippen molar-refractivity contribution in [2.45, 2.75) is 32.1 Å². The van der Waals surface area contributed by atoms with E-state index < -0.39 is 5.97 Å². The number of carbonyl (C=O) groups is 2. The fourth-order valence-electron chi connectivity index (χ4n) is 3.14. The van der Waals surface area contributed by atoms with Gasteiger partial charge in [0.05, 0.1) is 16.5 Å². The van der Waals surface area contributed by atoms with Crippen LogP contribution in [-0.4, -0.2) is 17.0 Å². The van der Waals surface area contributed by atoms with Gasteiger partial charge in [-0.05, 0) is 54.8 Å². The number of amides is 1.